The summed E-state index contributed by atoms with van der Waals surface area (Å²) in [5.41, 5.74) is 1.71. The smallest absolute Gasteiger partial charge is 0.251 e. The number of carbonyl (C=O) groups is 2. The van der Waals surface area contributed by atoms with Gasteiger partial charge in [-0.2, -0.15) is 0 Å². The van der Waals surface area contributed by atoms with Gasteiger partial charge < -0.3 is 19.7 Å². The number of hydrogen-bond acceptors (Lipinski definition) is 4. The number of benzene rings is 2. The van der Waals surface area contributed by atoms with E-state index in [0.29, 0.717) is 35.9 Å². The SMILES string of the molecule is COc1ccc(C(=O)NCC2CCN(C(=O)CCc3ccc(Br)cc3)CC2)cc1OC. The lowest BCUT2D eigenvalue weighted by Crippen LogP contribution is -2.41. The zero-order valence-corrected chi connectivity index (χ0v) is 19.6. The summed E-state index contributed by atoms with van der Waals surface area (Å²) in [7, 11) is 3.11. The fourth-order valence-corrected chi connectivity index (χ4v) is 4.03. The van der Waals surface area contributed by atoms with Crippen LogP contribution < -0.4 is 14.8 Å². The van der Waals surface area contributed by atoms with Crippen molar-refractivity contribution in [1.29, 1.82) is 0 Å². The Hall–Kier alpha value is -2.54. The number of likely N-dealkylation sites (tertiary alicyclic amines) is 1. The predicted molar refractivity (Wildman–Crippen MR) is 124 cm³/mol. The molecule has 2 amide bonds. The summed E-state index contributed by atoms with van der Waals surface area (Å²) in [4.78, 5) is 27.0. The maximum Gasteiger partial charge on any atom is 0.251 e. The number of carbonyl (C=O) groups excluding carboxylic acids is 2. The molecule has 0 saturated carbocycles. The molecule has 0 spiro atoms. The Morgan fingerprint density at radius 2 is 1.71 bits per heavy atom. The molecule has 1 fully saturated rings. The van der Waals surface area contributed by atoms with Crippen molar-refractivity contribution in [3.05, 3.63) is 58.1 Å². The van der Waals surface area contributed by atoms with Gasteiger partial charge in [0.2, 0.25) is 5.91 Å². The van der Waals surface area contributed by atoms with Crippen molar-refractivity contribution in [2.24, 2.45) is 5.92 Å². The molecule has 0 aliphatic carbocycles. The maximum absolute atomic E-state index is 12.5. The summed E-state index contributed by atoms with van der Waals surface area (Å²) < 4.78 is 11.5. The molecular weight excluding hydrogens is 460 g/mol. The molecule has 0 radical (unpaired) electrons. The van der Waals surface area contributed by atoms with Gasteiger partial charge in [0.25, 0.3) is 5.91 Å². The Morgan fingerprint density at radius 3 is 2.35 bits per heavy atom. The topological polar surface area (TPSA) is 67.9 Å². The number of aryl methyl sites for hydroxylation is 1. The van der Waals surface area contributed by atoms with Gasteiger partial charge in [0, 0.05) is 36.1 Å². The fraction of sp³-hybridized carbons (Fsp3) is 0.417. The van der Waals surface area contributed by atoms with Gasteiger partial charge in [-0.15, -0.1) is 0 Å². The average Bonchev–Trinajstić information content (AvgIpc) is 2.81. The number of piperidine rings is 1. The Kier molecular flexibility index (Phi) is 8.35. The predicted octanol–water partition coefficient (Wildman–Crippen LogP) is 4.07. The van der Waals surface area contributed by atoms with Gasteiger partial charge in [0.1, 0.15) is 0 Å². The second-order valence-electron chi connectivity index (χ2n) is 7.73. The molecule has 3 rings (SSSR count). The average molecular weight is 489 g/mol. The van der Waals surface area contributed by atoms with Crippen molar-refractivity contribution in [2.45, 2.75) is 25.7 Å². The number of hydrogen-bond donors (Lipinski definition) is 1. The van der Waals surface area contributed by atoms with Crippen LogP contribution in [0.25, 0.3) is 0 Å². The van der Waals surface area contributed by atoms with Crippen molar-refractivity contribution >= 4 is 27.7 Å². The van der Waals surface area contributed by atoms with Crippen LogP contribution in [0.2, 0.25) is 0 Å². The monoisotopic (exact) mass is 488 g/mol. The molecule has 31 heavy (non-hydrogen) atoms. The highest BCUT2D eigenvalue weighted by Gasteiger charge is 2.23. The molecule has 1 heterocycles. The zero-order valence-electron chi connectivity index (χ0n) is 18.0. The van der Waals surface area contributed by atoms with Crippen molar-refractivity contribution in [2.75, 3.05) is 33.9 Å². The van der Waals surface area contributed by atoms with E-state index >= 15 is 0 Å². The number of methoxy groups -OCH3 is 2. The Balaban J connectivity index is 1.41. The molecule has 0 atom stereocenters. The molecule has 166 valence electrons. The van der Waals surface area contributed by atoms with Crippen LogP contribution in [0.3, 0.4) is 0 Å². The van der Waals surface area contributed by atoms with Crippen molar-refractivity contribution in [1.82, 2.24) is 10.2 Å². The van der Waals surface area contributed by atoms with Crippen LogP contribution in [-0.4, -0.2) is 50.6 Å². The minimum atomic E-state index is -0.131. The first kappa shape index (κ1) is 23.1. The van der Waals surface area contributed by atoms with E-state index in [1.54, 1.807) is 32.4 Å². The third-order valence-corrected chi connectivity index (χ3v) is 6.23. The second-order valence-corrected chi connectivity index (χ2v) is 8.65. The summed E-state index contributed by atoms with van der Waals surface area (Å²) in [5.74, 6) is 1.57. The van der Waals surface area contributed by atoms with E-state index in [-0.39, 0.29) is 11.8 Å². The van der Waals surface area contributed by atoms with Crippen LogP contribution in [0.15, 0.2) is 46.9 Å². The van der Waals surface area contributed by atoms with Gasteiger partial charge in [-0.25, -0.2) is 0 Å². The van der Waals surface area contributed by atoms with Crippen LogP contribution in [0, 0.1) is 5.92 Å². The summed E-state index contributed by atoms with van der Waals surface area (Å²) in [6.45, 7) is 2.10. The normalized spacial score (nSPS) is 14.2. The minimum Gasteiger partial charge on any atom is -0.493 e. The fourth-order valence-electron chi connectivity index (χ4n) is 3.76. The third-order valence-electron chi connectivity index (χ3n) is 5.71. The number of nitrogens with zero attached hydrogens (tertiary/aromatic N) is 1. The summed E-state index contributed by atoms with van der Waals surface area (Å²) in [6, 6.07) is 13.2. The summed E-state index contributed by atoms with van der Waals surface area (Å²) in [6.07, 6.45) is 3.09. The van der Waals surface area contributed by atoms with E-state index in [0.717, 1.165) is 36.8 Å². The zero-order chi connectivity index (χ0) is 22.2. The Bertz CT molecular complexity index is 893. The summed E-state index contributed by atoms with van der Waals surface area (Å²) in [5, 5.41) is 3.01. The van der Waals surface area contributed by atoms with Gasteiger partial charge in [-0.3, -0.25) is 9.59 Å². The van der Waals surface area contributed by atoms with Gasteiger partial charge in [0.05, 0.1) is 14.2 Å². The summed E-state index contributed by atoms with van der Waals surface area (Å²) >= 11 is 3.43. The molecule has 1 aliphatic heterocycles. The third kappa shape index (κ3) is 6.47. The Labute approximate surface area is 192 Å². The lowest BCUT2D eigenvalue weighted by atomic mass is 9.96. The highest BCUT2D eigenvalue weighted by molar-refractivity contribution is 9.10. The quantitative estimate of drug-likeness (QED) is 0.607. The Morgan fingerprint density at radius 1 is 1.03 bits per heavy atom. The molecule has 6 nitrogen and oxygen atoms in total. The van der Waals surface area contributed by atoms with Gasteiger partial charge in [0.15, 0.2) is 11.5 Å². The van der Waals surface area contributed by atoms with E-state index in [1.165, 1.54) is 5.56 Å². The molecular formula is C24H29BrN2O4. The second kappa shape index (κ2) is 11.2. The maximum atomic E-state index is 12.5. The van der Waals surface area contributed by atoms with Gasteiger partial charge in [-0.05, 0) is 61.1 Å². The van der Waals surface area contributed by atoms with E-state index in [4.69, 9.17) is 9.47 Å². The van der Waals surface area contributed by atoms with E-state index < -0.39 is 0 Å². The lowest BCUT2D eigenvalue weighted by Gasteiger charge is -2.32. The number of nitrogens with one attached hydrogen (secondary N) is 1. The van der Waals surface area contributed by atoms with Gasteiger partial charge >= 0.3 is 0 Å². The molecule has 2 aromatic rings. The highest BCUT2D eigenvalue weighted by Crippen LogP contribution is 2.27. The van der Waals surface area contributed by atoms with Crippen LogP contribution in [0.4, 0.5) is 0 Å². The molecule has 0 unspecified atom stereocenters. The number of rotatable bonds is 8. The van der Waals surface area contributed by atoms with Crippen molar-refractivity contribution in [3.8, 4) is 11.5 Å². The molecule has 7 heteroatoms. The van der Waals surface area contributed by atoms with E-state index in [9.17, 15) is 9.59 Å². The van der Waals surface area contributed by atoms with Crippen LogP contribution in [-0.2, 0) is 11.2 Å². The number of amides is 2. The molecule has 0 aromatic heterocycles. The first-order valence-corrected chi connectivity index (χ1v) is 11.3. The van der Waals surface area contributed by atoms with Crippen LogP contribution in [0.1, 0.15) is 35.2 Å². The lowest BCUT2D eigenvalue weighted by molar-refractivity contribution is -0.132. The largest absolute Gasteiger partial charge is 0.493 e. The first-order valence-electron chi connectivity index (χ1n) is 10.5. The van der Waals surface area contributed by atoms with Crippen LogP contribution >= 0.6 is 15.9 Å². The molecule has 0 bridgehead atoms. The molecule has 1 saturated heterocycles. The number of halogens is 1. The molecule has 1 N–H and O–H groups in total. The standard InChI is InChI=1S/C24H29BrN2O4/c1-30-21-9-6-19(15-22(21)31-2)24(29)26-16-18-11-13-27(14-12-18)23(28)10-5-17-3-7-20(25)8-4-17/h3-4,6-9,15,18H,5,10-14,16H2,1-2H3,(H,26,29). The highest BCUT2D eigenvalue weighted by atomic mass is 79.9. The van der Waals surface area contributed by atoms with E-state index in [1.807, 2.05) is 29.2 Å². The van der Waals surface area contributed by atoms with Crippen molar-refractivity contribution in [3.63, 3.8) is 0 Å². The molecule has 1 aliphatic rings. The number of ether oxygens (including phenoxy) is 2. The van der Waals surface area contributed by atoms with Gasteiger partial charge in [-0.1, -0.05) is 28.1 Å². The van der Waals surface area contributed by atoms with Crippen molar-refractivity contribution < 1.29 is 19.1 Å². The first-order chi connectivity index (χ1) is 15.0. The van der Waals surface area contributed by atoms with Crippen LogP contribution in [0.5, 0.6) is 11.5 Å². The molecule has 2 aromatic carbocycles. The minimum absolute atomic E-state index is 0.131. The van der Waals surface area contributed by atoms with E-state index in [2.05, 4.69) is 21.2 Å².